The number of piperazine rings is 1. The number of carbonyl (C=O) groups is 1. The van der Waals surface area contributed by atoms with Crippen LogP contribution in [0.2, 0.25) is 0 Å². The Hall–Kier alpha value is -2.40. The van der Waals surface area contributed by atoms with Crippen molar-refractivity contribution in [2.24, 2.45) is 0 Å². The predicted octanol–water partition coefficient (Wildman–Crippen LogP) is 2.47. The van der Waals surface area contributed by atoms with Gasteiger partial charge in [-0.2, -0.15) is 0 Å². The van der Waals surface area contributed by atoms with Crippen LogP contribution in [-0.4, -0.2) is 53.4 Å². The van der Waals surface area contributed by atoms with E-state index in [1.54, 1.807) is 13.2 Å². The molecule has 1 saturated heterocycles. The maximum absolute atomic E-state index is 12.8. The first-order valence-corrected chi connectivity index (χ1v) is 8.39. The van der Waals surface area contributed by atoms with Crippen molar-refractivity contribution >= 4 is 11.7 Å². The topological polar surface area (TPSA) is 48.5 Å². The van der Waals surface area contributed by atoms with Crippen molar-refractivity contribution < 1.29 is 4.79 Å². The van der Waals surface area contributed by atoms with Gasteiger partial charge in [-0.25, -0.2) is 4.98 Å². The van der Waals surface area contributed by atoms with Gasteiger partial charge >= 0.3 is 0 Å². The summed E-state index contributed by atoms with van der Waals surface area (Å²) in [6.45, 7) is 5.48. The van der Waals surface area contributed by atoms with Crippen molar-refractivity contribution in [2.45, 2.75) is 19.5 Å². The molecule has 2 heterocycles. The molecule has 1 amide bonds. The molecule has 1 aromatic heterocycles. The highest BCUT2D eigenvalue weighted by Crippen LogP contribution is 2.18. The maximum atomic E-state index is 12.8. The molecule has 2 aromatic rings. The number of amides is 1. The Morgan fingerprint density at radius 3 is 2.71 bits per heavy atom. The molecule has 1 aromatic carbocycles. The average molecular weight is 324 g/mol. The summed E-state index contributed by atoms with van der Waals surface area (Å²) in [7, 11) is 1.79. The summed E-state index contributed by atoms with van der Waals surface area (Å²) in [5, 5.41) is 3.00. The summed E-state index contributed by atoms with van der Waals surface area (Å²) in [5.41, 5.74) is 1.96. The normalized spacial score (nSPS) is 18.4. The van der Waals surface area contributed by atoms with Crippen molar-refractivity contribution in [3.63, 3.8) is 0 Å². The second kappa shape index (κ2) is 7.45. The lowest BCUT2D eigenvalue weighted by Crippen LogP contribution is -2.53. The van der Waals surface area contributed by atoms with E-state index >= 15 is 0 Å². The average Bonchev–Trinajstić information content (AvgIpc) is 2.63. The van der Waals surface area contributed by atoms with Crippen LogP contribution in [-0.2, 0) is 6.54 Å². The van der Waals surface area contributed by atoms with E-state index in [9.17, 15) is 4.79 Å². The number of hydrogen-bond acceptors (Lipinski definition) is 4. The van der Waals surface area contributed by atoms with Gasteiger partial charge < -0.3 is 10.2 Å². The highest BCUT2D eigenvalue weighted by molar-refractivity contribution is 5.98. The van der Waals surface area contributed by atoms with Gasteiger partial charge in [0.05, 0.1) is 5.56 Å². The number of nitrogens with zero attached hydrogens (tertiary/aromatic N) is 3. The second-order valence-corrected chi connectivity index (χ2v) is 6.21. The van der Waals surface area contributed by atoms with Crippen LogP contribution in [0.1, 0.15) is 22.8 Å². The van der Waals surface area contributed by atoms with Crippen LogP contribution in [0.3, 0.4) is 0 Å². The van der Waals surface area contributed by atoms with Gasteiger partial charge in [-0.3, -0.25) is 9.69 Å². The molecule has 0 radical (unpaired) electrons. The third-order valence-corrected chi connectivity index (χ3v) is 4.56. The highest BCUT2D eigenvalue weighted by Gasteiger charge is 2.28. The van der Waals surface area contributed by atoms with Crippen molar-refractivity contribution in [1.82, 2.24) is 14.8 Å². The lowest BCUT2D eigenvalue weighted by molar-refractivity contribution is 0.0496. The Morgan fingerprint density at radius 1 is 1.21 bits per heavy atom. The van der Waals surface area contributed by atoms with Crippen LogP contribution in [0.5, 0.6) is 0 Å². The zero-order valence-corrected chi connectivity index (χ0v) is 14.3. The smallest absolute Gasteiger partial charge is 0.257 e. The van der Waals surface area contributed by atoms with E-state index < -0.39 is 0 Å². The predicted molar refractivity (Wildman–Crippen MR) is 96.0 cm³/mol. The number of carbonyl (C=O) groups excluding carboxylic acids is 1. The zero-order chi connectivity index (χ0) is 16.9. The molecule has 5 nitrogen and oxygen atoms in total. The van der Waals surface area contributed by atoms with Gasteiger partial charge in [0, 0.05) is 45.5 Å². The molecule has 1 aliphatic rings. The molecule has 0 bridgehead atoms. The highest BCUT2D eigenvalue weighted by atomic mass is 16.2. The van der Waals surface area contributed by atoms with Gasteiger partial charge in [-0.1, -0.05) is 30.3 Å². The summed E-state index contributed by atoms with van der Waals surface area (Å²) in [4.78, 5) is 21.4. The van der Waals surface area contributed by atoms with Crippen LogP contribution >= 0.6 is 0 Å². The molecule has 126 valence electrons. The van der Waals surface area contributed by atoms with E-state index in [1.165, 1.54) is 5.56 Å². The van der Waals surface area contributed by atoms with Gasteiger partial charge in [0.2, 0.25) is 0 Å². The molecule has 0 aliphatic carbocycles. The lowest BCUT2D eigenvalue weighted by Gasteiger charge is -2.40. The summed E-state index contributed by atoms with van der Waals surface area (Å²) in [5.74, 6) is 0.695. The van der Waals surface area contributed by atoms with Crippen LogP contribution in [0.15, 0.2) is 48.7 Å². The van der Waals surface area contributed by atoms with E-state index in [1.807, 2.05) is 23.1 Å². The Kier molecular flexibility index (Phi) is 5.11. The number of rotatable bonds is 4. The van der Waals surface area contributed by atoms with Gasteiger partial charge in [0.1, 0.15) is 5.82 Å². The van der Waals surface area contributed by atoms with Crippen LogP contribution in [0, 0.1) is 0 Å². The van der Waals surface area contributed by atoms with Crippen LogP contribution in [0.25, 0.3) is 0 Å². The standard InChI is InChI=1S/C19H24N4O/c1-15-13-23(19(24)17-9-6-10-21-18(17)20-2)12-11-22(15)14-16-7-4-3-5-8-16/h3-10,15H,11-14H2,1-2H3,(H,20,21)/t15-/m0/s1. The number of aromatic nitrogens is 1. The minimum Gasteiger partial charge on any atom is -0.372 e. The van der Waals surface area contributed by atoms with Crippen molar-refractivity contribution in [3.05, 3.63) is 59.8 Å². The lowest BCUT2D eigenvalue weighted by atomic mass is 10.1. The minimum absolute atomic E-state index is 0.0543. The molecule has 5 heteroatoms. The van der Waals surface area contributed by atoms with Crippen molar-refractivity contribution in [1.29, 1.82) is 0 Å². The summed E-state index contributed by atoms with van der Waals surface area (Å²) < 4.78 is 0. The third-order valence-electron chi connectivity index (χ3n) is 4.56. The third kappa shape index (κ3) is 3.57. The molecule has 1 aliphatic heterocycles. The van der Waals surface area contributed by atoms with Crippen LogP contribution in [0.4, 0.5) is 5.82 Å². The SMILES string of the molecule is CNc1ncccc1C(=O)N1CCN(Cc2ccccc2)[C@@H](C)C1. The molecular formula is C19H24N4O. The monoisotopic (exact) mass is 324 g/mol. The molecule has 24 heavy (non-hydrogen) atoms. The van der Waals surface area contributed by atoms with Gasteiger partial charge in [-0.15, -0.1) is 0 Å². The molecule has 1 fully saturated rings. The second-order valence-electron chi connectivity index (χ2n) is 6.21. The zero-order valence-electron chi connectivity index (χ0n) is 14.3. The summed E-state index contributed by atoms with van der Waals surface area (Å²) >= 11 is 0. The molecule has 0 spiro atoms. The first-order valence-electron chi connectivity index (χ1n) is 8.39. The molecule has 1 N–H and O–H groups in total. The molecule has 3 rings (SSSR count). The van der Waals surface area contributed by atoms with E-state index in [4.69, 9.17) is 0 Å². The van der Waals surface area contributed by atoms with Gasteiger partial charge in [0.15, 0.2) is 0 Å². The molecule has 0 unspecified atom stereocenters. The van der Waals surface area contributed by atoms with Gasteiger partial charge in [0.25, 0.3) is 5.91 Å². The molecular weight excluding hydrogens is 300 g/mol. The fourth-order valence-corrected chi connectivity index (χ4v) is 3.18. The summed E-state index contributed by atoms with van der Waals surface area (Å²) in [6, 6.07) is 14.5. The molecule has 1 atom stereocenters. The maximum Gasteiger partial charge on any atom is 0.257 e. The fraction of sp³-hybridized carbons (Fsp3) is 0.368. The fourth-order valence-electron chi connectivity index (χ4n) is 3.18. The number of hydrogen-bond donors (Lipinski definition) is 1. The first kappa shape index (κ1) is 16.5. The Labute approximate surface area is 143 Å². The largest absolute Gasteiger partial charge is 0.372 e. The molecule has 0 saturated carbocycles. The Balaban J connectivity index is 1.65. The minimum atomic E-state index is 0.0543. The summed E-state index contributed by atoms with van der Waals surface area (Å²) in [6.07, 6.45) is 1.70. The van der Waals surface area contributed by atoms with E-state index in [2.05, 4.69) is 46.4 Å². The van der Waals surface area contributed by atoms with Crippen molar-refractivity contribution in [3.8, 4) is 0 Å². The number of pyridine rings is 1. The quantitative estimate of drug-likeness (QED) is 0.939. The number of benzene rings is 1. The van der Waals surface area contributed by atoms with E-state index in [-0.39, 0.29) is 5.91 Å². The van der Waals surface area contributed by atoms with Crippen LogP contribution < -0.4 is 5.32 Å². The van der Waals surface area contributed by atoms with E-state index in [0.29, 0.717) is 17.4 Å². The van der Waals surface area contributed by atoms with Gasteiger partial charge in [-0.05, 0) is 24.6 Å². The number of nitrogens with one attached hydrogen (secondary N) is 1. The number of anilines is 1. The Morgan fingerprint density at radius 2 is 2.00 bits per heavy atom. The Bertz CT molecular complexity index is 689. The van der Waals surface area contributed by atoms with Crippen molar-refractivity contribution in [2.75, 3.05) is 32.0 Å². The first-order chi connectivity index (χ1) is 11.7. The van der Waals surface area contributed by atoms with E-state index in [0.717, 1.165) is 26.2 Å².